The summed E-state index contributed by atoms with van der Waals surface area (Å²) in [5.41, 5.74) is 2.55. The van der Waals surface area contributed by atoms with E-state index in [4.69, 9.17) is 14.0 Å². The SMILES string of the molecule is COc1ccc(OC)c(C(Nc2ccccc2)P(=O)(OCC(C)C)c2ccc(N(C)C)cc2)c1. The second-order valence-corrected chi connectivity index (χ2v) is 11.2. The summed E-state index contributed by atoms with van der Waals surface area (Å²) >= 11 is 0. The molecule has 34 heavy (non-hydrogen) atoms. The Morgan fingerprint density at radius 1 is 0.912 bits per heavy atom. The summed E-state index contributed by atoms with van der Waals surface area (Å²) in [5.74, 6) is 0.754. The van der Waals surface area contributed by atoms with Crippen LogP contribution in [0.2, 0.25) is 0 Å². The topological polar surface area (TPSA) is 60.0 Å². The predicted molar refractivity (Wildman–Crippen MR) is 141 cm³/mol. The third kappa shape index (κ3) is 5.94. The van der Waals surface area contributed by atoms with Crippen molar-refractivity contribution in [1.29, 1.82) is 0 Å². The summed E-state index contributed by atoms with van der Waals surface area (Å²) in [7, 11) is 3.66. The normalized spacial score (nSPS) is 13.7. The highest BCUT2D eigenvalue weighted by atomic mass is 31.2. The van der Waals surface area contributed by atoms with Crippen LogP contribution in [0.3, 0.4) is 0 Å². The van der Waals surface area contributed by atoms with Gasteiger partial charge in [-0.25, -0.2) is 0 Å². The van der Waals surface area contributed by atoms with Crippen LogP contribution >= 0.6 is 7.37 Å². The van der Waals surface area contributed by atoms with Crippen molar-refractivity contribution in [3.05, 3.63) is 78.4 Å². The monoisotopic (exact) mass is 482 g/mol. The molecule has 0 aromatic heterocycles. The number of benzene rings is 3. The Hall–Kier alpha value is -2.95. The lowest BCUT2D eigenvalue weighted by Crippen LogP contribution is -2.22. The highest BCUT2D eigenvalue weighted by Crippen LogP contribution is 2.61. The van der Waals surface area contributed by atoms with E-state index < -0.39 is 13.2 Å². The second-order valence-electron chi connectivity index (χ2n) is 8.72. The number of nitrogens with zero attached hydrogens (tertiary/aromatic N) is 1. The molecule has 7 heteroatoms. The van der Waals surface area contributed by atoms with Crippen molar-refractivity contribution in [3.63, 3.8) is 0 Å². The predicted octanol–water partition coefficient (Wildman–Crippen LogP) is 6.16. The molecule has 182 valence electrons. The standard InChI is InChI=1S/C27H35N2O4P/c1-20(2)19-33-34(30,24-15-12-22(13-16-24)29(3)4)27(28-21-10-8-7-9-11-21)25-18-23(31-5)14-17-26(25)32-6/h7-18,20,27-28H,19H2,1-6H3. The fourth-order valence-electron chi connectivity index (χ4n) is 3.61. The second kappa shape index (κ2) is 11.5. The van der Waals surface area contributed by atoms with E-state index in [1.807, 2.05) is 106 Å². The lowest BCUT2D eigenvalue weighted by Gasteiger charge is -2.31. The van der Waals surface area contributed by atoms with Crippen LogP contribution < -0.4 is 25.0 Å². The molecule has 0 heterocycles. The van der Waals surface area contributed by atoms with Crippen LogP contribution in [-0.2, 0) is 9.09 Å². The number of hydrogen-bond acceptors (Lipinski definition) is 6. The maximum absolute atomic E-state index is 15.0. The van der Waals surface area contributed by atoms with Gasteiger partial charge in [0.25, 0.3) is 7.37 Å². The van der Waals surface area contributed by atoms with E-state index in [9.17, 15) is 4.57 Å². The summed E-state index contributed by atoms with van der Waals surface area (Å²) in [5, 5.41) is 4.12. The maximum atomic E-state index is 15.0. The Bertz CT molecular complexity index is 1100. The van der Waals surface area contributed by atoms with Gasteiger partial charge >= 0.3 is 0 Å². The third-order valence-electron chi connectivity index (χ3n) is 5.47. The van der Waals surface area contributed by atoms with Gasteiger partial charge in [-0.3, -0.25) is 4.57 Å². The number of anilines is 2. The minimum absolute atomic E-state index is 0.207. The van der Waals surface area contributed by atoms with Gasteiger partial charge in [-0.05, 0) is 60.5 Å². The minimum Gasteiger partial charge on any atom is -0.497 e. The molecular weight excluding hydrogens is 447 g/mol. The molecule has 2 unspecified atom stereocenters. The molecule has 0 amide bonds. The molecule has 0 aliphatic rings. The van der Waals surface area contributed by atoms with Gasteiger partial charge in [0.1, 0.15) is 17.3 Å². The Kier molecular flexibility index (Phi) is 8.65. The van der Waals surface area contributed by atoms with E-state index >= 15 is 0 Å². The van der Waals surface area contributed by atoms with Gasteiger partial charge in [0.05, 0.1) is 20.8 Å². The summed E-state index contributed by atoms with van der Waals surface area (Å²) in [6.45, 7) is 4.45. The summed E-state index contributed by atoms with van der Waals surface area (Å²) in [4.78, 5) is 2.01. The first kappa shape index (κ1) is 25.7. The minimum atomic E-state index is -3.51. The lowest BCUT2D eigenvalue weighted by atomic mass is 10.1. The first-order chi connectivity index (χ1) is 16.3. The summed E-state index contributed by atoms with van der Waals surface area (Å²) < 4.78 is 32.5. The van der Waals surface area contributed by atoms with Gasteiger partial charge in [-0.15, -0.1) is 0 Å². The van der Waals surface area contributed by atoms with Crippen molar-refractivity contribution >= 4 is 24.0 Å². The zero-order chi connectivity index (χ0) is 24.7. The molecule has 0 saturated heterocycles. The molecule has 0 bridgehead atoms. The molecule has 3 rings (SSSR count). The zero-order valence-corrected chi connectivity index (χ0v) is 21.7. The molecule has 3 aromatic rings. The Morgan fingerprint density at radius 2 is 1.59 bits per heavy atom. The van der Waals surface area contributed by atoms with Crippen LogP contribution in [0.4, 0.5) is 11.4 Å². The van der Waals surface area contributed by atoms with Crippen LogP contribution in [0.15, 0.2) is 72.8 Å². The van der Waals surface area contributed by atoms with Crippen LogP contribution in [0, 0.1) is 5.92 Å². The number of methoxy groups -OCH3 is 2. The van der Waals surface area contributed by atoms with Gasteiger partial charge in [-0.1, -0.05) is 32.0 Å². The van der Waals surface area contributed by atoms with Crippen molar-refractivity contribution in [3.8, 4) is 11.5 Å². The number of rotatable bonds is 11. The fourth-order valence-corrected chi connectivity index (χ4v) is 6.18. The van der Waals surface area contributed by atoms with E-state index in [1.165, 1.54) is 0 Å². The molecule has 0 radical (unpaired) electrons. The average molecular weight is 483 g/mol. The van der Waals surface area contributed by atoms with Crippen molar-refractivity contribution in [1.82, 2.24) is 0 Å². The molecule has 3 aromatic carbocycles. The molecular formula is C27H35N2O4P. The lowest BCUT2D eigenvalue weighted by molar-refractivity contribution is 0.272. The number of ether oxygens (including phenoxy) is 2. The Labute approximate surface area is 203 Å². The van der Waals surface area contributed by atoms with Gasteiger partial charge in [0.2, 0.25) is 0 Å². The Morgan fingerprint density at radius 3 is 2.15 bits per heavy atom. The third-order valence-corrected chi connectivity index (χ3v) is 8.11. The Balaban J connectivity index is 2.22. The van der Waals surface area contributed by atoms with E-state index in [-0.39, 0.29) is 5.92 Å². The van der Waals surface area contributed by atoms with E-state index in [0.29, 0.717) is 29.0 Å². The smallest absolute Gasteiger partial charge is 0.258 e. The molecule has 0 aliphatic carbocycles. The van der Waals surface area contributed by atoms with Crippen molar-refractivity contribution in [2.75, 3.05) is 45.1 Å². The molecule has 6 nitrogen and oxygen atoms in total. The van der Waals surface area contributed by atoms with E-state index in [1.54, 1.807) is 14.2 Å². The summed E-state index contributed by atoms with van der Waals surface area (Å²) in [6, 6.07) is 22.9. The molecule has 0 saturated carbocycles. The molecule has 0 aliphatic heterocycles. The van der Waals surface area contributed by atoms with Gasteiger partial charge in [-0.2, -0.15) is 0 Å². The fraction of sp³-hybridized carbons (Fsp3) is 0.333. The average Bonchev–Trinajstić information content (AvgIpc) is 2.86. The van der Waals surface area contributed by atoms with Gasteiger partial charge in [0.15, 0.2) is 0 Å². The number of hydrogen-bond donors (Lipinski definition) is 1. The van der Waals surface area contributed by atoms with Crippen molar-refractivity contribution < 1.29 is 18.6 Å². The first-order valence-electron chi connectivity index (χ1n) is 11.3. The quantitative estimate of drug-likeness (QED) is 0.331. The highest BCUT2D eigenvalue weighted by molar-refractivity contribution is 7.67. The van der Waals surface area contributed by atoms with Crippen molar-refractivity contribution in [2.45, 2.75) is 19.6 Å². The zero-order valence-electron chi connectivity index (χ0n) is 20.8. The molecule has 1 N–H and O–H groups in total. The van der Waals surface area contributed by atoms with Gasteiger partial charge < -0.3 is 24.2 Å². The molecule has 0 spiro atoms. The number of para-hydroxylation sites is 1. The van der Waals surface area contributed by atoms with E-state index in [2.05, 4.69) is 5.32 Å². The highest BCUT2D eigenvalue weighted by Gasteiger charge is 2.40. The van der Waals surface area contributed by atoms with Crippen LogP contribution in [0.5, 0.6) is 11.5 Å². The van der Waals surface area contributed by atoms with Gasteiger partial charge in [0, 0.05) is 36.3 Å². The number of nitrogens with one attached hydrogen (secondary N) is 1. The molecule has 0 fully saturated rings. The van der Waals surface area contributed by atoms with Crippen LogP contribution in [-0.4, -0.2) is 34.9 Å². The molecule has 2 atom stereocenters. The van der Waals surface area contributed by atoms with Crippen molar-refractivity contribution in [2.24, 2.45) is 5.92 Å². The summed E-state index contributed by atoms with van der Waals surface area (Å²) in [6.07, 6.45) is 0. The van der Waals surface area contributed by atoms with Crippen LogP contribution in [0.1, 0.15) is 25.2 Å². The largest absolute Gasteiger partial charge is 0.497 e. The van der Waals surface area contributed by atoms with E-state index in [0.717, 1.165) is 11.4 Å². The maximum Gasteiger partial charge on any atom is 0.258 e. The van der Waals surface area contributed by atoms with Crippen LogP contribution in [0.25, 0.3) is 0 Å². The first-order valence-corrected chi connectivity index (χ1v) is 13.0.